The zero-order valence-electron chi connectivity index (χ0n) is 11.3. The Morgan fingerprint density at radius 1 is 1.50 bits per heavy atom. The zero-order chi connectivity index (χ0) is 14.8. The topological polar surface area (TPSA) is 106 Å². The quantitative estimate of drug-likeness (QED) is 0.802. The minimum Gasteiger partial charge on any atom is -0.394 e. The molecule has 1 aliphatic heterocycles. The molecule has 0 aromatic carbocycles. The molecule has 0 bridgehead atoms. The van der Waals surface area contributed by atoms with Crippen LogP contribution in [0.2, 0.25) is 0 Å². The highest BCUT2D eigenvalue weighted by Crippen LogP contribution is 2.29. The molecule has 7 nitrogen and oxygen atoms in total. The van der Waals surface area contributed by atoms with E-state index in [1.54, 1.807) is 6.92 Å². The number of anilines is 1. The SMILES string of the molecule is Cc1nc(N)sc1S(=O)(=O)N1CCC(OCCO)CC1. The Morgan fingerprint density at radius 2 is 2.15 bits per heavy atom. The van der Waals surface area contributed by atoms with E-state index in [-0.39, 0.29) is 22.1 Å². The van der Waals surface area contributed by atoms with Gasteiger partial charge in [-0.3, -0.25) is 0 Å². The minimum atomic E-state index is -3.51. The normalized spacial score (nSPS) is 18.5. The smallest absolute Gasteiger partial charge is 0.254 e. The molecule has 1 aliphatic rings. The van der Waals surface area contributed by atoms with Crippen molar-refractivity contribution in [3.05, 3.63) is 5.69 Å². The molecule has 9 heteroatoms. The lowest BCUT2D eigenvalue weighted by atomic mass is 10.1. The second kappa shape index (κ2) is 6.35. The van der Waals surface area contributed by atoms with Gasteiger partial charge in [0.1, 0.15) is 0 Å². The van der Waals surface area contributed by atoms with Crippen LogP contribution in [0.4, 0.5) is 5.13 Å². The van der Waals surface area contributed by atoms with Gasteiger partial charge in [-0.05, 0) is 19.8 Å². The number of nitrogen functional groups attached to an aromatic ring is 1. The van der Waals surface area contributed by atoms with Crippen molar-refractivity contribution in [3.63, 3.8) is 0 Å². The van der Waals surface area contributed by atoms with Gasteiger partial charge in [0.2, 0.25) is 0 Å². The summed E-state index contributed by atoms with van der Waals surface area (Å²) in [6, 6.07) is 0. The Kier molecular flexibility index (Phi) is 4.97. The molecule has 0 aliphatic carbocycles. The van der Waals surface area contributed by atoms with Gasteiger partial charge in [-0.25, -0.2) is 13.4 Å². The Morgan fingerprint density at radius 3 is 2.65 bits per heavy atom. The lowest BCUT2D eigenvalue weighted by Gasteiger charge is -2.30. The van der Waals surface area contributed by atoms with Crippen molar-refractivity contribution in [3.8, 4) is 0 Å². The largest absolute Gasteiger partial charge is 0.394 e. The Bertz CT molecular complexity index is 550. The molecule has 0 unspecified atom stereocenters. The van der Waals surface area contributed by atoms with Crippen molar-refractivity contribution < 1.29 is 18.3 Å². The second-order valence-corrected chi connectivity index (χ2v) is 7.79. The van der Waals surface area contributed by atoms with Gasteiger partial charge >= 0.3 is 0 Å². The Balaban J connectivity index is 2.04. The van der Waals surface area contributed by atoms with E-state index < -0.39 is 10.0 Å². The van der Waals surface area contributed by atoms with E-state index in [2.05, 4.69) is 4.98 Å². The third-order valence-electron chi connectivity index (χ3n) is 3.19. The average molecular weight is 321 g/mol. The number of hydrogen-bond acceptors (Lipinski definition) is 7. The first-order chi connectivity index (χ1) is 9.45. The van der Waals surface area contributed by atoms with Crippen LogP contribution in [-0.2, 0) is 14.8 Å². The highest BCUT2D eigenvalue weighted by atomic mass is 32.2. The van der Waals surface area contributed by atoms with Crippen LogP contribution in [0, 0.1) is 6.92 Å². The maximum absolute atomic E-state index is 12.5. The summed E-state index contributed by atoms with van der Waals surface area (Å²) < 4.78 is 32.1. The van der Waals surface area contributed by atoms with Gasteiger partial charge in [-0.1, -0.05) is 11.3 Å². The van der Waals surface area contributed by atoms with Crippen molar-refractivity contribution in [2.45, 2.75) is 30.1 Å². The van der Waals surface area contributed by atoms with E-state index >= 15 is 0 Å². The number of sulfonamides is 1. The van der Waals surface area contributed by atoms with Crippen molar-refractivity contribution in [2.75, 3.05) is 32.0 Å². The molecule has 20 heavy (non-hydrogen) atoms. The van der Waals surface area contributed by atoms with Gasteiger partial charge in [-0.2, -0.15) is 4.31 Å². The van der Waals surface area contributed by atoms with E-state index in [0.29, 0.717) is 38.2 Å². The third-order valence-corrected chi connectivity index (χ3v) is 6.66. The van der Waals surface area contributed by atoms with Crippen molar-refractivity contribution in [1.82, 2.24) is 9.29 Å². The van der Waals surface area contributed by atoms with Gasteiger partial charge < -0.3 is 15.6 Å². The van der Waals surface area contributed by atoms with Crippen LogP contribution in [0.3, 0.4) is 0 Å². The van der Waals surface area contributed by atoms with E-state index in [1.165, 1.54) is 4.31 Å². The molecule has 114 valence electrons. The number of aliphatic hydroxyl groups is 1. The number of hydrogen-bond donors (Lipinski definition) is 2. The number of thiazole rings is 1. The lowest BCUT2D eigenvalue weighted by Crippen LogP contribution is -2.41. The lowest BCUT2D eigenvalue weighted by molar-refractivity contribution is 0.00320. The van der Waals surface area contributed by atoms with Crippen LogP contribution in [0.1, 0.15) is 18.5 Å². The summed E-state index contributed by atoms with van der Waals surface area (Å²) in [5.41, 5.74) is 6.01. The number of rotatable bonds is 5. The number of aryl methyl sites for hydroxylation is 1. The molecular weight excluding hydrogens is 302 g/mol. The fourth-order valence-electron chi connectivity index (χ4n) is 2.22. The van der Waals surface area contributed by atoms with Crippen molar-refractivity contribution in [2.24, 2.45) is 0 Å². The molecule has 0 atom stereocenters. The van der Waals surface area contributed by atoms with Gasteiger partial charge in [0, 0.05) is 13.1 Å². The number of ether oxygens (including phenoxy) is 1. The summed E-state index contributed by atoms with van der Waals surface area (Å²) >= 11 is 1.00. The third kappa shape index (κ3) is 3.29. The number of nitrogens with zero attached hydrogens (tertiary/aromatic N) is 2. The number of piperidine rings is 1. The maximum Gasteiger partial charge on any atom is 0.254 e. The monoisotopic (exact) mass is 321 g/mol. The van der Waals surface area contributed by atoms with E-state index in [9.17, 15) is 8.42 Å². The van der Waals surface area contributed by atoms with Crippen LogP contribution in [0.25, 0.3) is 0 Å². The molecule has 1 aromatic rings. The standard InChI is InChI=1S/C11H19N3O4S2/c1-8-10(19-11(12)13-8)20(16,17)14-4-2-9(3-5-14)18-7-6-15/h9,15H,2-7H2,1H3,(H2,12,13). The van der Waals surface area contributed by atoms with Gasteiger partial charge in [0.25, 0.3) is 10.0 Å². The number of nitrogens with two attached hydrogens (primary N) is 1. The second-order valence-electron chi connectivity index (χ2n) is 4.62. The fourth-order valence-corrected chi connectivity index (χ4v) is 5.12. The first-order valence-electron chi connectivity index (χ1n) is 6.40. The van der Waals surface area contributed by atoms with Gasteiger partial charge in [0.05, 0.1) is 25.0 Å². The molecular formula is C11H19N3O4S2. The molecule has 1 aromatic heterocycles. The summed E-state index contributed by atoms with van der Waals surface area (Å²) in [4.78, 5) is 3.97. The van der Waals surface area contributed by atoms with Crippen LogP contribution in [0.5, 0.6) is 0 Å². The van der Waals surface area contributed by atoms with Gasteiger partial charge in [-0.15, -0.1) is 0 Å². The summed E-state index contributed by atoms with van der Waals surface area (Å²) in [6.07, 6.45) is 1.28. The van der Waals surface area contributed by atoms with E-state index in [0.717, 1.165) is 11.3 Å². The Labute approximate surface area is 122 Å². The number of aromatic nitrogens is 1. The molecule has 0 spiro atoms. The average Bonchev–Trinajstić information content (AvgIpc) is 2.76. The molecule has 2 rings (SSSR count). The summed E-state index contributed by atoms with van der Waals surface area (Å²) in [5, 5.41) is 8.98. The molecule has 2 heterocycles. The summed E-state index contributed by atoms with van der Waals surface area (Å²) in [5.74, 6) is 0. The number of aliphatic hydroxyl groups excluding tert-OH is 1. The van der Waals surface area contributed by atoms with Crippen LogP contribution in [-0.4, -0.2) is 55.2 Å². The van der Waals surface area contributed by atoms with E-state index in [4.69, 9.17) is 15.6 Å². The molecule has 0 saturated carbocycles. The van der Waals surface area contributed by atoms with Crippen LogP contribution < -0.4 is 5.73 Å². The molecule has 1 saturated heterocycles. The summed E-state index contributed by atoms with van der Waals surface area (Å²) in [7, 11) is -3.51. The molecule has 1 fully saturated rings. The van der Waals surface area contributed by atoms with Crippen LogP contribution >= 0.6 is 11.3 Å². The van der Waals surface area contributed by atoms with E-state index in [1.807, 2.05) is 0 Å². The fraction of sp³-hybridized carbons (Fsp3) is 0.727. The van der Waals surface area contributed by atoms with Crippen LogP contribution in [0.15, 0.2) is 4.21 Å². The molecule has 0 radical (unpaired) electrons. The first kappa shape index (κ1) is 15.6. The maximum atomic E-state index is 12.5. The minimum absolute atomic E-state index is 0.0150. The first-order valence-corrected chi connectivity index (χ1v) is 8.66. The Hall–Kier alpha value is -0.740. The zero-order valence-corrected chi connectivity index (χ0v) is 12.9. The van der Waals surface area contributed by atoms with Crippen molar-refractivity contribution >= 4 is 26.5 Å². The van der Waals surface area contributed by atoms with Crippen molar-refractivity contribution in [1.29, 1.82) is 0 Å². The highest BCUT2D eigenvalue weighted by Gasteiger charge is 2.32. The predicted molar refractivity (Wildman–Crippen MR) is 76.1 cm³/mol. The molecule has 0 amide bonds. The predicted octanol–water partition coefficient (Wildman–Crippen LogP) is 0.196. The van der Waals surface area contributed by atoms with Gasteiger partial charge in [0.15, 0.2) is 9.34 Å². The summed E-state index contributed by atoms with van der Waals surface area (Å²) in [6.45, 7) is 2.75. The highest BCUT2D eigenvalue weighted by molar-refractivity contribution is 7.91. The molecule has 3 N–H and O–H groups in total.